The molecule has 1 aliphatic rings. The van der Waals surface area contributed by atoms with Crippen molar-refractivity contribution in [2.45, 2.75) is 32.2 Å². The number of carbonyl (C=O) groups is 2. The zero-order chi connectivity index (χ0) is 11.4. The van der Waals surface area contributed by atoms with Gasteiger partial charge in [-0.15, -0.1) is 0 Å². The monoisotopic (exact) mass is 200 g/mol. The molecule has 0 unspecified atom stereocenters. The quantitative estimate of drug-likeness (QED) is 0.704. The maximum atomic E-state index is 11.7. The van der Waals surface area contributed by atoms with Crippen LogP contribution >= 0.6 is 0 Å². The van der Waals surface area contributed by atoms with Crippen LogP contribution in [0, 0.1) is 0 Å². The standard InChI is InChI=1S/C10H18N2O2/c1-8(13)9-4-3-7-12(9)10(14)5-6-11-2/h9,11H,3-7H2,1-2H3/t9-/m1/s1/i3T/t3-,9-. The molecule has 1 saturated heterocycles. The first-order valence-corrected chi connectivity index (χ1v) is 4.93. The molecule has 0 aromatic heterocycles. The lowest BCUT2D eigenvalue weighted by atomic mass is 10.1. The van der Waals surface area contributed by atoms with Crippen LogP contribution in [-0.4, -0.2) is 42.8 Å². The van der Waals surface area contributed by atoms with E-state index in [2.05, 4.69) is 5.32 Å². The molecule has 0 radical (unpaired) electrons. The van der Waals surface area contributed by atoms with Crippen molar-refractivity contribution < 1.29 is 11.0 Å². The number of amides is 1. The molecule has 80 valence electrons. The topological polar surface area (TPSA) is 49.4 Å². The highest BCUT2D eigenvalue weighted by Gasteiger charge is 2.30. The van der Waals surface area contributed by atoms with Crippen LogP contribution in [0.5, 0.6) is 0 Å². The number of nitrogens with zero attached hydrogens (tertiary/aromatic N) is 1. The molecule has 4 heteroatoms. The Morgan fingerprint density at radius 3 is 2.93 bits per heavy atom. The van der Waals surface area contributed by atoms with Crippen molar-refractivity contribution in [3.63, 3.8) is 0 Å². The second-order valence-corrected chi connectivity index (χ2v) is 3.55. The number of ketones is 1. The Balaban J connectivity index is 2.58. The van der Waals surface area contributed by atoms with Crippen LogP contribution in [0.1, 0.15) is 27.5 Å². The van der Waals surface area contributed by atoms with E-state index in [1.54, 1.807) is 11.9 Å². The van der Waals surface area contributed by atoms with E-state index >= 15 is 0 Å². The number of hydrogen-bond donors (Lipinski definition) is 1. The predicted octanol–water partition coefficient (Wildman–Crippen LogP) is 0.176. The lowest BCUT2D eigenvalue weighted by Crippen LogP contribution is -2.40. The molecule has 1 fully saturated rings. The lowest BCUT2D eigenvalue weighted by molar-refractivity contribution is -0.136. The van der Waals surface area contributed by atoms with E-state index in [-0.39, 0.29) is 24.1 Å². The molecule has 0 spiro atoms. The first-order valence-electron chi connectivity index (χ1n) is 5.50. The maximum Gasteiger partial charge on any atom is 0.224 e. The highest BCUT2D eigenvalue weighted by atomic mass is 16.2. The Kier molecular flexibility index (Phi) is 3.51. The Bertz CT molecular complexity index is 258. The summed E-state index contributed by atoms with van der Waals surface area (Å²) in [7, 11) is 1.78. The van der Waals surface area contributed by atoms with Crippen LogP contribution in [0.3, 0.4) is 0 Å². The van der Waals surface area contributed by atoms with Gasteiger partial charge in [-0.25, -0.2) is 0 Å². The van der Waals surface area contributed by atoms with E-state index < -0.39 is 0 Å². The summed E-state index contributed by atoms with van der Waals surface area (Å²) in [6.07, 6.45) is 0.575. The smallest absolute Gasteiger partial charge is 0.224 e. The van der Waals surface area contributed by atoms with Gasteiger partial charge in [0.1, 0.15) is 0 Å². The molecule has 2 atom stereocenters. The van der Waals surface area contributed by atoms with Crippen LogP contribution in [0.25, 0.3) is 0 Å². The second kappa shape index (κ2) is 5.10. The van der Waals surface area contributed by atoms with Crippen LogP contribution in [0.15, 0.2) is 0 Å². The fourth-order valence-electron chi connectivity index (χ4n) is 1.66. The molecule has 0 aliphatic carbocycles. The predicted molar refractivity (Wildman–Crippen MR) is 54.0 cm³/mol. The van der Waals surface area contributed by atoms with Crippen LogP contribution in [0.4, 0.5) is 0 Å². The highest BCUT2D eigenvalue weighted by molar-refractivity contribution is 5.88. The van der Waals surface area contributed by atoms with E-state index in [0.717, 1.165) is 0 Å². The van der Waals surface area contributed by atoms with Crippen molar-refractivity contribution in [1.29, 1.82) is 0 Å². The molecule has 14 heavy (non-hydrogen) atoms. The van der Waals surface area contributed by atoms with E-state index in [0.29, 0.717) is 25.9 Å². The molecule has 4 nitrogen and oxygen atoms in total. The summed E-state index contributed by atoms with van der Waals surface area (Å²) < 4.78 is 7.59. The molecular formula is C10H18N2O2. The fraction of sp³-hybridized carbons (Fsp3) is 0.800. The molecular weight excluding hydrogens is 180 g/mol. The van der Waals surface area contributed by atoms with E-state index in [9.17, 15) is 9.59 Å². The third-order valence-electron chi connectivity index (χ3n) is 2.47. The fourth-order valence-corrected chi connectivity index (χ4v) is 1.66. The van der Waals surface area contributed by atoms with Crippen molar-refractivity contribution >= 4 is 11.7 Å². The number of Topliss-reactive ketones (excluding diaryl/α,β-unsaturated/α-hetero) is 1. The second-order valence-electron chi connectivity index (χ2n) is 3.55. The number of rotatable bonds is 4. The molecule has 1 rings (SSSR count). The minimum absolute atomic E-state index is 0.0115. The number of carbonyl (C=O) groups excluding carboxylic acids is 2. The molecule has 0 aromatic rings. The Morgan fingerprint density at radius 1 is 1.64 bits per heavy atom. The summed E-state index contributed by atoms with van der Waals surface area (Å²) in [5.74, 6) is -0.0399. The molecule has 1 heterocycles. The summed E-state index contributed by atoms with van der Waals surface area (Å²) in [6, 6.07) is -0.364. The van der Waals surface area contributed by atoms with Gasteiger partial charge in [-0.3, -0.25) is 9.59 Å². The number of nitrogens with one attached hydrogen (secondary N) is 1. The summed E-state index contributed by atoms with van der Waals surface area (Å²) in [5.41, 5.74) is 0. The van der Waals surface area contributed by atoms with Crippen LogP contribution in [-0.2, 0) is 9.59 Å². The molecule has 0 bridgehead atoms. The van der Waals surface area contributed by atoms with Crippen molar-refractivity contribution in [1.82, 2.24) is 10.2 Å². The summed E-state index contributed by atoms with van der Waals surface area (Å²) in [6.45, 7) is 2.50. The first-order chi connectivity index (χ1) is 7.06. The zero-order valence-electron chi connectivity index (χ0n) is 9.75. The van der Waals surface area contributed by atoms with Gasteiger partial charge in [0.2, 0.25) is 5.91 Å². The van der Waals surface area contributed by atoms with Gasteiger partial charge in [0.05, 0.1) is 6.04 Å². The zero-order valence-corrected chi connectivity index (χ0v) is 8.75. The molecule has 0 saturated carbocycles. The average molecular weight is 200 g/mol. The van der Waals surface area contributed by atoms with Gasteiger partial charge in [-0.05, 0) is 26.8 Å². The Hall–Kier alpha value is -0.900. The first kappa shape index (κ1) is 9.65. The van der Waals surface area contributed by atoms with Crippen molar-refractivity contribution in [3.05, 3.63) is 0 Å². The SMILES string of the molecule is [3H][C@@H]1C[C@H](C(C)=O)N(C(=O)CCNC)C1. The van der Waals surface area contributed by atoms with Gasteiger partial charge >= 0.3 is 0 Å². The van der Waals surface area contributed by atoms with E-state index in [1.165, 1.54) is 6.92 Å². The molecule has 1 aliphatic heterocycles. The number of likely N-dealkylation sites (tertiary alicyclic amines) is 1. The summed E-state index contributed by atoms with van der Waals surface area (Å²) in [4.78, 5) is 24.6. The highest BCUT2D eigenvalue weighted by Crippen LogP contribution is 2.18. The van der Waals surface area contributed by atoms with Gasteiger partial charge in [0, 0.05) is 20.9 Å². The van der Waals surface area contributed by atoms with Crippen molar-refractivity contribution in [2.24, 2.45) is 0 Å². The van der Waals surface area contributed by atoms with Crippen LogP contribution < -0.4 is 5.32 Å². The minimum atomic E-state index is -0.364. The minimum Gasteiger partial charge on any atom is -0.333 e. The Morgan fingerprint density at radius 2 is 2.36 bits per heavy atom. The molecule has 1 N–H and O–H groups in total. The van der Waals surface area contributed by atoms with Gasteiger partial charge in [0.15, 0.2) is 5.78 Å². The van der Waals surface area contributed by atoms with E-state index in [1.807, 2.05) is 0 Å². The lowest BCUT2D eigenvalue weighted by Gasteiger charge is -2.22. The summed E-state index contributed by atoms with van der Waals surface area (Å²) >= 11 is 0. The van der Waals surface area contributed by atoms with Gasteiger partial charge in [-0.1, -0.05) is 0 Å². The normalized spacial score (nSPS) is 27.6. The summed E-state index contributed by atoms with van der Waals surface area (Å²) in [5, 5.41) is 2.90. The van der Waals surface area contributed by atoms with Gasteiger partial charge < -0.3 is 10.2 Å². The third-order valence-corrected chi connectivity index (χ3v) is 2.47. The van der Waals surface area contributed by atoms with Crippen LogP contribution in [0.2, 0.25) is 0 Å². The maximum absolute atomic E-state index is 11.7. The van der Waals surface area contributed by atoms with Gasteiger partial charge in [-0.2, -0.15) is 0 Å². The van der Waals surface area contributed by atoms with E-state index in [4.69, 9.17) is 1.37 Å². The van der Waals surface area contributed by atoms with Crippen molar-refractivity contribution in [2.75, 3.05) is 20.1 Å². The molecule has 0 aromatic carbocycles. The average Bonchev–Trinajstić information content (AvgIpc) is 2.57. The number of hydrogen-bond acceptors (Lipinski definition) is 3. The van der Waals surface area contributed by atoms with Gasteiger partial charge in [0.25, 0.3) is 0 Å². The Labute approximate surface area is 86.1 Å². The van der Waals surface area contributed by atoms with Crippen molar-refractivity contribution in [3.8, 4) is 0 Å². The largest absolute Gasteiger partial charge is 0.333 e. The third kappa shape index (κ3) is 2.54. The molecule has 1 amide bonds.